The molecular weight excluding hydrogens is 235 g/mol. The van der Waals surface area contributed by atoms with Gasteiger partial charge in [0.25, 0.3) is 0 Å². The summed E-state index contributed by atoms with van der Waals surface area (Å²) in [5.41, 5.74) is 0.975. The molecule has 0 unspecified atom stereocenters. The van der Waals surface area contributed by atoms with Crippen molar-refractivity contribution >= 4 is 0 Å². The van der Waals surface area contributed by atoms with Crippen LogP contribution in [0.25, 0.3) is 11.1 Å². The summed E-state index contributed by atoms with van der Waals surface area (Å²) >= 11 is 0. The van der Waals surface area contributed by atoms with Crippen molar-refractivity contribution in [3.63, 3.8) is 0 Å². The molecule has 0 atom stereocenters. The molecule has 2 aromatic rings. The van der Waals surface area contributed by atoms with Crippen molar-refractivity contribution in [2.24, 2.45) is 0 Å². The molecule has 0 aliphatic heterocycles. The molecule has 0 spiro atoms. The van der Waals surface area contributed by atoms with E-state index in [2.05, 4.69) is 0 Å². The van der Waals surface area contributed by atoms with Crippen LogP contribution in [0.3, 0.4) is 0 Å². The fraction of sp³-hybridized carbons (Fsp3) is 0.143. The lowest BCUT2D eigenvalue weighted by Gasteiger charge is -2.11. The van der Waals surface area contributed by atoms with Gasteiger partial charge in [0, 0.05) is 23.3 Å². The Kier molecular flexibility index (Phi) is 3.37. The first-order valence-corrected chi connectivity index (χ1v) is 5.36. The minimum atomic E-state index is -0.501. The largest absolute Gasteiger partial charge is 0.508 e. The molecule has 0 heterocycles. The second-order valence-corrected chi connectivity index (χ2v) is 3.73. The standard InChI is InChI=1S/C14H13FO3/c1-17-10-4-6-12(14(8-10)18-2)11-5-3-9(16)7-13(11)15/h3-8,16H,1-2H3. The molecule has 0 bridgehead atoms. The van der Waals surface area contributed by atoms with Gasteiger partial charge in [-0.1, -0.05) is 0 Å². The Hall–Kier alpha value is -2.23. The molecule has 94 valence electrons. The third kappa shape index (κ3) is 2.22. The first-order valence-electron chi connectivity index (χ1n) is 5.36. The number of aromatic hydroxyl groups is 1. The van der Waals surface area contributed by atoms with Crippen molar-refractivity contribution in [3.8, 4) is 28.4 Å². The van der Waals surface area contributed by atoms with Crippen LogP contribution in [0.1, 0.15) is 0 Å². The monoisotopic (exact) mass is 248 g/mol. The Morgan fingerprint density at radius 3 is 2.28 bits per heavy atom. The van der Waals surface area contributed by atoms with Gasteiger partial charge in [-0.05, 0) is 24.3 Å². The van der Waals surface area contributed by atoms with Crippen LogP contribution in [0.4, 0.5) is 4.39 Å². The number of methoxy groups -OCH3 is 2. The number of halogens is 1. The van der Waals surface area contributed by atoms with E-state index in [9.17, 15) is 9.50 Å². The number of benzene rings is 2. The van der Waals surface area contributed by atoms with E-state index in [4.69, 9.17) is 9.47 Å². The zero-order valence-corrected chi connectivity index (χ0v) is 10.1. The van der Waals surface area contributed by atoms with Crippen LogP contribution in [0.15, 0.2) is 36.4 Å². The summed E-state index contributed by atoms with van der Waals surface area (Å²) in [6.45, 7) is 0. The van der Waals surface area contributed by atoms with Gasteiger partial charge in [-0.2, -0.15) is 0 Å². The maximum absolute atomic E-state index is 13.8. The highest BCUT2D eigenvalue weighted by atomic mass is 19.1. The van der Waals surface area contributed by atoms with E-state index in [1.807, 2.05) is 0 Å². The van der Waals surface area contributed by atoms with E-state index in [-0.39, 0.29) is 5.75 Å². The SMILES string of the molecule is COc1ccc(-c2ccc(O)cc2F)c(OC)c1. The quantitative estimate of drug-likeness (QED) is 0.906. The number of phenolic OH excluding ortho intramolecular Hbond substituents is 1. The highest BCUT2D eigenvalue weighted by molar-refractivity contribution is 5.72. The van der Waals surface area contributed by atoms with Crippen molar-refractivity contribution in [2.75, 3.05) is 14.2 Å². The molecule has 4 heteroatoms. The van der Waals surface area contributed by atoms with Gasteiger partial charge in [-0.3, -0.25) is 0 Å². The Bertz CT molecular complexity index is 567. The first-order chi connectivity index (χ1) is 8.65. The molecule has 18 heavy (non-hydrogen) atoms. The minimum absolute atomic E-state index is 0.108. The van der Waals surface area contributed by atoms with Gasteiger partial charge in [0.15, 0.2) is 0 Å². The highest BCUT2D eigenvalue weighted by Crippen LogP contribution is 2.35. The van der Waals surface area contributed by atoms with E-state index >= 15 is 0 Å². The van der Waals surface area contributed by atoms with Crippen molar-refractivity contribution < 1.29 is 19.0 Å². The number of hydrogen-bond acceptors (Lipinski definition) is 3. The molecule has 2 aromatic carbocycles. The lowest BCUT2D eigenvalue weighted by molar-refractivity contribution is 0.395. The molecule has 2 rings (SSSR count). The van der Waals surface area contributed by atoms with Gasteiger partial charge in [0.2, 0.25) is 0 Å². The van der Waals surface area contributed by atoms with Crippen molar-refractivity contribution in [1.82, 2.24) is 0 Å². The fourth-order valence-corrected chi connectivity index (χ4v) is 1.74. The zero-order chi connectivity index (χ0) is 13.1. The Morgan fingerprint density at radius 1 is 0.944 bits per heavy atom. The summed E-state index contributed by atoms with van der Waals surface area (Å²) in [5, 5.41) is 9.20. The van der Waals surface area contributed by atoms with Gasteiger partial charge in [0.1, 0.15) is 23.1 Å². The minimum Gasteiger partial charge on any atom is -0.508 e. The average molecular weight is 248 g/mol. The number of phenols is 1. The van der Waals surface area contributed by atoms with Crippen molar-refractivity contribution in [1.29, 1.82) is 0 Å². The Balaban J connectivity index is 2.56. The van der Waals surface area contributed by atoms with Crippen molar-refractivity contribution in [2.45, 2.75) is 0 Å². The normalized spacial score (nSPS) is 10.2. The smallest absolute Gasteiger partial charge is 0.134 e. The predicted molar refractivity (Wildman–Crippen MR) is 66.6 cm³/mol. The predicted octanol–water partition coefficient (Wildman–Crippen LogP) is 3.22. The van der Waals surface area contributed by atoms with Crippen LogP contribution in [-0.2, 0) is 0 Å². The third-order valence-electron chi connectivity index (χ3n) is 2.65. The van der Waals surface area contributed by atoms with E-state index in [0.717, 1.165) is 6.07 Å². The molecule has 1 N–H and O–H groups in total. The summed E-state index contributed by atoms with van der Waals surface area (Å²) in [7, 11) is 3.06. The summed E-state index contributed by atoms with van der Waals surface area (Å²) in [6, 6.07) is 9.13. The summed E-state index contributed by atoms with van der Waals surface area (Å²) < 4.78 is 24.1. The van der Waals surface area contributed by atoms with E-state index in [0.29, 0.717) is 22.6 Å². The average Bonchev–Trinajstić information content (AvgIpc) is 2.38. The van der Waals surface area contributed by atoms with Gasteiger partial charge in [-0.25, -0.2) is 4.39 Å². The molecule has 0 aliphatic rings. The van der Waals surface area contributed by atoms with Crippen LogP contribution >= 0.6 is 0 Å². The van der Waals surface area contributed by atoms with Crippen LogP contribution in [0.5, 0.6) is 17.2 Å². The Morgan fingerprint density at radius 2 is 1.67 bits per heavy atom. The van der Waals surface area contributed by atoms with Crippen LogP contribution < -0.4 is 9.47 Å². The van der Waals surface area contributed by atoms with E-state index < -0.39 is 5.82 Å². The molecule has 0 fully saturated rings. The lowest BCUT2D eigenvalue weighted by Crippen LogP contribution is -1.92. The summed E-state index contributed by atoms with van der Waals surface area (Å²) in [5.74, 6) is 0.538. The fourth-order valence-electron chi connectivity index (χ4n) is 1.74. The molecule has 0 saturated heterocycles. The van der Waals surface area contributed by atoms with Gasteiger partial charge in [-0.15, -0.1) is 0 Å². The number of hydrogen-bond donors (Lipinski definition) is 1. The molecule has 0 aromatic heterocycles. The lowest BCUT2D eigenvalue weighted by atomic mass is 10.0. The summed E-state index contributed by atoms with van der Waals surface area (Å²) in [6.07, 6.45) is 0. The molecule has 0 radical (unpaired) electrons. The van der Waals surface area contributed by atoms with Gasteiger partial charge >= 0.3 is 0 Å². The van der Waals surface area contributed by atoms with Gasteiger partial charge < -0.3 is 14.6 Å². The third-order valence-corrected chi connectivity index (χ3v) is 2.65. The van der Waals surface area contributed by atoms with Gasteiger partial charge in [0.05, 0.1) is 14.2 Å². The van der Waals surface area contributed by atoms with E-state index in [1.54, 1.807) is 25.3 Å². The molecule has 0 amide bonds. The maximum Gasteiger partial charge on any atom is 0.134 e. The first kappa shape index (κ1) is 12.2. The second kappa shape index (κ2) is 4.96. The second-order valence-electron chi connectivity index (χ2n) is 3.73. The molecule has 3 nitrogen and oxygen atoms in total. The van der Waals surface area contributed by atoms with Crippen LogP contribution in [-0.4, -0.2) is 19.3 Å². The number of rotatable bonds is 3. The Labute approximate surface area is 104 Å². The topological polar surface area (TPSA) is 38.7 Å². The maximum atomic E-state index is 13.8. The molecular formula is C14H13FO3. The van der Waals surface area contributed by atoms with Crippen LogP contribution in [0, 0.1) is 5.82 Å². The zero-order valence-electron chi connectivity index (χ0n) is 10.1. The summed E-state index contributed by atoms with van der Waals surface area (Å²) in [4.78, 5) is 0. The number of ether oxygens (including phenoxy) is 2. The highest BCUT2D eigenvalue weighted by Gasteiger charge is 2.12. The molecule has 0 aliphatic carbocycles. The van der Waals surface area contributed by atoms with Crippen molar-refractivity contribution in [3.05, 3.63) is 42.2 Å². The molecule has 0 saturated carbocycles. The van der Waals surface area contributed by atoms with E-state index in [1.165, 1.54) is 19.2 Å². The van der Waals surface area contributed by atoms with Crippen LogP contribution in [0.2, 0.25) is 0 Å².